The number of rotatable bonds is 0. The van der Waals surface area contributed by atoms with Crippen LogP contribution in [0.25, 0.3) is 0 Å². The smallest absolute Gasteiger partial charge is 0.0620 e. The topological polar surface area (TPSA) is 25.8 Å². The van der Waals surface area contributed by atoms with E-state index in [0.717, 1.165) is 0 Å². The van der Waals surface area contributed by atoms with Crippen LogP contribution < -0.4 is 0 Å². The first kappa shape index (κ1) is 11.1. The summed E-state index contributed by atoms with van der Waals surface area (Å²) < 4.78 is 3.51. The molecule has 0 atom stereocenters. The Morgan fingerprint density at radius 1 is 0.833 bits per heavy atom. The minimum absolute atomic E-state index is 0. The van der Waals surface area contributed by atoms with Gasteiger partial charge in [0.2, 0.25) is 0 Å². The second-order valence-corrected chi connectivity index (χ2v) is 2.39. The van der Waals surface area contributed by atoms with Crippen LogP contribution in [-0.2, 0) is 0 Å². The van der Waals surface area contributed by atoms with Crippen molar-refractivity contribution in [3.05, 3.63) is 48.0 Å². The molecular formula is C8H10N2S2. The molecule has 0 saturated carbocycles. The number of aromatic nitrogens is 2. The van der Waals surface area contributed by atoms with E-state index in [1.807, 2.05) is 41.8 Å². The lowest BCUT2D eigenvalue weighted by Gasteiger charge is -1.69. The van der Waals surface area contributed by atoms with Crippen LogP contribution in [0.4, 0.5) is 0 Å². The van der Waals surface area contributed by atoms with E-state index in [0.29, 0.717) is 0 Å². The largest absolute Gasteiger partial charge is 0.197 e. The van der Waals surface area contributed by atoms with Gasteiger partial charge in [0.25, 0.3) is 0 Å². The Bertz CT molecular complexity index is 201. The van der Waals surface area contributed by atoms with E-state index in [2.05, 4.69) is 9.59 Å². The number of nitrogens with zero attached hydrogens (tertiary/aromatic N) is 2. The van der Waals surface area contributed by atoms with Gasteiger partial charge in [-0.2, -0.15) is 13.5 Å². The lowest BCUT2D eigenvalue weighted by Crippen LogP contribution is -1.51. The van der Waals surface area contributed by atoms with Crippen LogP contribution in [-0.4, -0.2) is 9.59 Å². The molecular weight excluding hydrogens is 188 g/mol. The van der Waals surface area contributed by atoms with Crippen molar-refractivity contribution in [3.63, 3.8) is 0 Å². The van der Waals surface area contributed by atoms with Gasteiger partial charge in [0, 0.05) is 5.38 Å². The molecule has 1 aromatic heterocycles. The van der Waals surface area contributed by atoms with Crippen molar-refractivity contribution in [1.82, 2.24) is 9.59 Å². The lowest BCUT2D eigenvalue weighted by molar-refractivity contribution is 1.16. The summed E-state index contributed by atoms with van der Waals surface area (Å²) >= 11 is 1.35. The van der Waals surface area contributed by atoms with Gasteiger partial charge in [-0.3, -0.25) is 0 Å². The third kappa shape index (κ3) is 5.88. The van der Waals surface area contributed by atoms with Crippen molar-refractivity contribution in [2.75, 3.05) is 0 Å². The van der Waals surface area contributed by atoms with Crippen LogP contribution in [0.5, 0.6) is 0 Å². The second kappa shape index (κ2) is 8.23. The zero-order chi connectivity index (χ0) is 7.78. The van der Waals surface area contributed by atoms with Gasteiger partial charge in [-0.05, 0) is 11.5 Å². The van der Waals surface area contributed by atoms with Crippen LogP contribution in [0.2, 0.25) is 0 Å². The molecule has 12 heavy (non-hydrogen) atoms. The van der Waals surface area contributed by atoms with E-state index in [1.165, 1.54) is 11.5 Å². The summed E-state index contributed by atoms with van der Waals surface area (Å²) in [5, 5.41) is 5.31. The average molecular weight is 198 g/mol. The molecule has 2 nitrogen and oxygen atoms in total. The Labute approximate surface area is 82.9 Å². The molecule has 2 aromatic rings. The third-order valence-electron chi connectivity index (χ3n) is 0.949. The molecule has 0 aliphatic heterocycles. The van der Waals surface area contributed by atoms with Crippen molar-refractivity contribution in [2.45, 2.75) is 0 Å². The Hall–Kier alpha value is -0.870. The van der Waals surface area contributed by atoms with Crippen molar-refractivity contribution < 1.29 is 0 Å². The normalized spacial score (nSPS) is 7.33. The number of hydrogen-bond acceptors (Lipinski definition) is 3. The molecule has 0 amide bonds. The minimum Gasteiger partial charge on any atom is -0.197 e. The zero-order valence-electron chi connectivity index (χ0n) is 6.42. The van der Waals surface area contributed by atoms with Crippen molar-refractivity contribution in [3.8, 4) is 0 Å². The van der Waals surface area contributed by atoms with Crippen LogP contribution >= 0.6 is 25.0 Å². The number of hydrogen-bond donors (Lipinski definition) is 0. The van der Waals surface area contributed by atoms with E-state index in [4.69, 9.17) is 0 Å². The van der Waals surface area contributed by atoms with Gasteiger partial charge in [-0.25, -0.2) is 0 Å². The summed E-state index contributed by atoms with van der Waals surface area (Å²) in [6.45, 7) is 0. The quantitative estimate of drug-likeness (QED) is 0.649. The van der Waals surface area contributed by atoms with Crippen molar-refractivity contribution >= 4 is 25.0 Å². The molecule has 0 fully saturated rings. The van der Waals surface area contributed by atoms with Crippen LogP contribution in [0.3, 0.4) is 0 Å². The fourth-order valence-corrected chi connectivity index (χ4v) is 0.793. The van der Waals surface area contributed by atoms with E-state index < -0.39 is 0 Å². The summed E-state index contributed by atoms with van der Waals surface area (Å²) in [7, 11) is 0. The summed E-state index contributed by atoms with van der Waals surface area (Å²) in [6, 6.07) is 12.0. The first-order valence-electron chi connectivity index (χ1n) is 3.21. The monoisotopic (exact) mass is 198 g/mol. The van der Waals surface area contributed by atoms with E-state index in [9.17, 15) is 0 Å². The van der Waals surface area contributed by atoms with E-state index in [-0.39, 0.29) is 13.5 Å². The molecule has 0 unspecified atom stereocenters. The molecule has 1 aromatic carbocycles. The molecule has 0 radical (unpaired) electrons. The van der Waals surface area contributed by atoms with E-state index >= 15 is 0 Å². The van der Waals surface area contributed by atoms with Crippen LogP contribution in [0.15, 0.2) is 48.0 Å². The molecule has 64 valence electrons. The second-order valence-electron chi connectivity index (χ2n) is 1.74. The van der Waals surface area contributed by atoms with Crippen LogP contribution in [0.1, 0.15) is 0 Å². The maximum absolute atomic E-state index is 3.51. The molecule has 0 saturated heterocycles. The zero-order valence-corrected chi connectivity index (χ0v) is 8.24. The Kier molecular flexibility index (Phi) is 7.63. The van der Waals surface area contributed by atoms with Gasteiger partial charge in [-0.15, -0.1) is 5.10 Å². The van der Waals surface area contributed by atoms with Crippen LogP contribution in [0, 0.1) is 0 Å². The van der Waals surface area contributed by atoms with Gasteiger partial charge in [0.15, 0.2) is 0 Å². The van der Waals surface area contributed by atoms with Gasteiger partial charge in [0.05, 0.1) is 6.20 Å². The van der Waals surface area contributed by atoms with Crippen molar-refractivity contribution in [2.24, 2.45) is 0 Å². The Morgan fingerprint density at radius 2 is 1.33 bits per heavy atom. The van der Waals surface area contributed by atoms with Gasteiger partial charge in [0.1, 0.15) is 0 Å². The van der Waals surface area contributed by atoms with Gasteiger partial charge >= 0.3 is 0 Å². The fraction of sp³-hybridized carbons (Fsp3) is 0. The fourth-order valence-electron chi connectivity index (χ4n) is 0.521. The average Bonchev–Trinajstić information content (AvgIpc) is 2.64. The highest BCUT2D eigenvalue weighted by Crippen LogP contribution is 1.80. The standard InChI is InChI=1S/C6H6.C2H2N2S.H2S/c1-2-4-6-5-3-1;1-2-5-4-3-1;/h1-6H;1-2H;1H2. The molecule has 0 aliphatic rings. The highest BCUT2D eigenvalue weighted by Gasteiger charge is 1.61. The summed E-state index contributed by atoms with van der Waals surface area (Å²) in [4.78, 5) is 0. The van der Waals surface area contributed by atoms with E-state index in [1.54, 1.807) is 6.20 Å². The first-order valence-corrected chi connectivity index (χ1v) is 4.05. The molecule has 0 aliphatic carbocycles. The van der Waals surface area contributed by atoms with Gasteiger partial charge in [-0.1, -0.05) is 40.9 Å². The highest BCUT2D eigenvalue weighted by molar-refractivity contribution is 7.59. The summed E-state index contributed by atoms with van der Waals surface area (Å²) in [5.41, 5.74) is 0. The Morgan fingerprint density at radius 3 is 1.50 bits per heavy atom. The SMILES string of the molecule is S.c1ccccc1.c1csnn1. The molecule has 0 spiro atoms. The summed E-state index contributed by atoms with van der Waals surface area (Å²) in [5.74, 6) is 0. The maximum atomic E-state index is 3.51. The van der Waals surface area contributed by atoms with Gasteiger partial charge < -0.3 is 0 Å². The maximum Gasteiger partial charge on any atom is 0.0620 e. The molecule has 2 rings (SSSR count). The molecule has 1 heterocycles. The third-order valence-corrected chi connectivity index (χ3v) is 1.38. The molecule has 4 heteroatoms. The predicted octanol–water partition coefficient (Wildman–Crippen LogP) is 2.34. The highest BCUT2D eigenvalue weighted by atomic mass is 32.1. The predicted molar refractivity (Wildman–Crippen MR) is 56.7 cm³/mol. The number of benzene rings is 1. The summed E-state index contributed by atoms with van der Waals surface area (Å²) in [6.07, 6.45) is 1.66. The van der Waals surface area contributed by atoms with Crippen molar-refractivity contribution in [1.29, 1.82) is 0 Å². The molecule has 0 N–H and O–H groups in total. The first-order chi connectivity index (χ1) is 5.50. The Balaban J connectivity index is 0.000000189. The molecule has 0 bridgehead atoms. The minimum atomic E-state index is 0. The lowest BCUT2D eigenvalue weighted by atomic mass is 10.4.